The zero-order valence-corrected chi connectivity index (χ0v) is 20.8. The molecule has 8 nitrogen and oxygen atoms in total. The van der Waals surface area contributed by atoms with Gasteiger partial charge in [0.25, 0.3) is 0 Å². The highest BCUT2D eigenvalue weighted by Gasteiger charge is 2.29. The molecule has 5 rings (SSSR count). The fraction of sp³-hybridized carbons (Fsp3) is 0.321. The van der Waals surface area contributed by atoms with Crippen molar-refractivity contribution in [2.75, 3.05) is 19.0 Å². The molecule has 1 aliphatic heterocycles. The van der Waals surface area contributed by atoms with Crippen LogP contribution >= 0.6 is 0 Å². The number of rotatable bonds is 7. The van der Waals surface area contributed by atoms with Gasteiger partial charge in [0.1, 0.15) is 11.6 Å². The van der Waals surface area contributed by atoms with Crippen molar-refractivity contribution in [3.63, 3.8) is 0 Å². The number of nitrogens with one attached hydrogen (secondary N) is 2. The van der Waals surface area contributed by atoms with Crippen LogP contribution in [-0.4, -0.2) is 35.5 Å². The SMILES string of the molecule is CN/N=C(\N)c1cc(C)c(-c2cccc3c2CC[C@H]3Nc2cc3c(cn2)[C@@H](CC(=O)O)CO3)c(C)c1. The number of carbonyl (C=O) groups is 1. The minimum Gasteiger partial charge on any atom is -0.492 e. The summed E-state index contributed by atoms with van der Waals surface area (Å²) in [5, 5.41) is 16.8. The molecule has 0 saturated carbocycles. The maximum Gasteiger partial charge on any atom is 0.304 e. The molecule has 5 N–H and O–H groups in total. The summed E-state index contributed by atoms with van der Waals surface area (Å²) in [6.07, 6.45) is 3.73. The summed E-state index contributed by atoms with van der Waals surface area (Å²) >= 11 is 0. The molecular weight excluding hydrogens is 454 g/mol. The third kappa shape index (κ3) is 4.34. The molecule has 186 valence electrons. The van der Waals surface area contributed by atoms with Crippen LogP contribution in [0.1, 0.15) is 58.2 Å². The van der Waals surface area contributed by atoms with Crippen molar-refractivity contribution < 1.29 is 14.6 Å². The van der Waals surface area contributed by atoms with E-state index < -0.39 is 5.97 Å². The largest absolute Gasteiger partial charge is 0.492 e. The van der Waals surface area contributed by atoms with Crippen molar-refractivity contribution >= 4 is 17.6 Å². The van der Waals surface area contributed by atoms with E-state index in [-0.39, 0.29) is 18.4 Å². The highest BCUT2D eigenvalue weighted by Crippen LogP contribution is 2.42. The van der Waals surface area contributed by atoms with Gasteiger partial charge in [-0.2, -0.15) is 5.10 Å². The molecule has 2 aliphatic rings. The van der Waals surface area contributed by atoms with Gasteiger partial charge in [0.05, 0.1) is 19.1 Å². The van der Waals surface area contributed by atoms with Crippen LogP contribution in [0.2, 0.25) is 0 Å². The molecule has 0 spiro atoms. The number of aryl methyl sites for hydroxylation is 2. The van der Waals surface area contributed by atoms with E-state index in [1.807, 2.05) is 6.07 Å². The van der Waals surface area contributed by atoms with E-state index in [1.165, 1.54) is 22.3 Å². The number of fused-ring (bicyclic) bond motifs is 2. The van der Waals surface area contributed by atoms with Gasteiger partial charge < -0.3 is 26.3 Å². The van der Waals surface area contributed by atoms with Crippen LogP contribution in [0.5, 0.6) is 5.75 Å². The minimum absolute atomic E-state index is 0.0505. The van der Waals surface area contributed by atoms with E-state index >= 15 is 0 Å². The zero-order chi connectivity index (χ0) is 25.4. The third-order valence-corrected chi connectivity index (χ3v) is 7.12. The summed E-state index contributed by atoms with van der Waals surface area (Å²) in [5.41, 5.74) is 18.1. The van der Waals surface area contributed by atoms with Crippen LogP contribution in [0.4, 0.5) is 5.82 Å². The van der Waals surface area contributed by atoms with Crippen molar-refractivity contribution in [2.24, 2.45) is 10.8 Å². The molecular formula is C28H31N5O3. The Labute approximate surface area is 210 Å². The average Bonchev–Trinajstić information content (AvgIpc) is 3.43. The van der Waals surface area contributed by atoms with E-state index in [4.69, 9.17) is 15.6 Å². The Morgan fingerprint density at radius 3 is 2.72 bits per heavy atom. The summed E-state index contributed by atoms with van der Waals surface area (Å²) in [4.78, 5) is 15.7. The molecule has 1 aliphatic carbocycles. The lowest BCUT2D eigenvalue weighted by Gasteiger charge is -2.18. The van der Waals surface area contributed by atoms with Crippen molar-refractivity contribution in [1.82, 2.24) is 10.4 Å². The molecule has 1 aromatic heterocycles. The predicted octanol–water partition coefficient (Wildman–Crippen LogP) is 4.26. The number of nitrogens with two attached hydrogens (primary N) is 1. The maximum absolute atomic E-state index is 11.1. The smallest absolute Gasteiger partial charge is 0.304 e. The molecule has 36 heavy (non-hydrogen) atoms. The first-order valence-corrected chi connectivity index (χ1v) is 12.2. The quantitative estimate of drug-likeness (QED) is 0.224. The lowest BCUT2D eigenvalue weighted by atomic mass is 9.89. The van der Waals surface area contributed by atoms with E-state index in [1.54, 1.807) is 13.2 Å². The molecule has 0 amide bonds. The van der Waals surface area contributed by atoms with Crippen LogP contribution < -0.4 is 21.2 Å². The van der Waals surface area contributed by atoms with Crippen molar-refractivity contribution in [3.8, 4) is 16.9 Å². The normalized spacial score (nSPS) is 18.4. The number of carboxylic acid groups (broad SMARTS) is 1. The molecule has 0 bridgehead atoms. The predicted molar refractivity (Wildman–Crippen MR) is 141 cm³/mol. The van der Waals surface area contributed by atoms with Crippen LogP contribution in [0.15, 0.2) is 47.7 Å². The Balaban J connectivity index is 1.42. The molecule has 0 fully saturated rings. The van der Waals surface area contributed by atoms with Gasteiger partial charge >= 0.3 is 5.97 Å². The van der Waals surface area contributed by atoms with E-state index in [0.717, 1.165) is 46.7 Å². The summed E-state index contributed by atoms with van der Waals surface area (Å²) in [7, 11) is 1.74. The summed E-state index contributed by atoms with van der Waals surface area (Å²) in [5.74, 6) is 0.957. The second-order valence-electron chi connectivity index (χ2n) is 9.53. The summed E-state index contributed by atoms with van der Waals surface area (Å²) in [6.45, 7) is 4.62. The number of ether oxygens (including phenoxy) is 1. The third-order valence-electron chi connectivity index (χ3n) is 7.12. The van der Waals surface area contributed by atoms with Gasteiger partial charge in [-0.05, 0) is 72.2 Å². The minimum atomic E-state index is -0.827. The number of hydrogen-bond acceptors (Lipinski definition) is 6. The second kappa shape index (κ2) is 9.53. The van der Waals surface area contributed by atoms with E-state index in [9.17, 15) is 4.79 Å². The summed E-state index contributed by atoms with van der Waals surface area (Å²) in [6, 6.07) is 12.7. The van der Waals surface area contributed by atoms with Crippen molar-refractivity contribution in [1.29, 1.82) is 0 Å². The van der Waals surface area contributed by atoms with Gasteiger partial charge in [0.15, 0.2) is 5.84 Å². The van der Waals surface area contributed by atoms with Crippen LogP contribution in [0.25, 0.3) is 11.1 Å². The van der Waals surface area contributed by atoms with Gasteiger partial charge in [0, 0.05) is 36.4 Å². The number of pyridine rings is 1. The molecule has 2 heterocycles. The number of aromatic nitrogens is 1. The first-order chi connectivity index (χ1) is 17.4. The Morgan fingerprint density at radius 1 is 1.22 bits per heavy atom. The highest BCUT2D eigenvalue weighted by molar-refractivity contribution is 5.98. The Morgan fingerprint density at radius 2 is 2.00 bits per heavy atom. The first kappa shape index (κ1) is 23.7. The first-order valence-electron chi connectivity index (χ1n) is 12.2. The Bertz CT molecular complexity index is 1340. The number of carboxylic acids is 1. The fourth-order valence-corrected chi connectivity index (χ4v) is 5.56. The maximum atomic E-state index is 11.1. The molecule has 0 unspecified atom stereocenters. The lowest BCUT2D eigenvalue weighted by Crippen LogP contribution is -2.17. The number of aliphatic carboxylic acids is 1. The highest BCUT2D eigenvalue weighted by atomic mass is 16.5. The van der Waals surface area contributed by atoms with Gasteiger partial charge in [-0.3, -0.25) is 4.79 Å². The zero-order valence-electron chi connectivity index (χ0n) is 20.8. The van der Waals surface area contributed by atoms with Gasteiger partial charge in [0.2, 0.25) is 0 Å². The van der Waals surface area contributed by atoms with Crippen LogP contribution in [0, 0.1) is 13.8 Å². The van der Waals surface area contributed by atoms with E-state index in [2.05, 4.69) is 65.0 Å². The molecule has 0 radical (unpaired) electrons. The molecule has 3 aromatic rings. The number of benzene rings is 2. The van der Waals surface area contributed by atoms with Crippen molar-refractivity contribution in [2.45, 2.75) is 45.1 Å². The van der Waals surface area contributed by atoms with Crippen molar-refractivity contribution in [3.05, 3.63) is 76.0 Å². The van der Waals surface area contributed by atoms with Gasteiger partial charge in [-0.1, -0.05) is 18.2 Å². The monoisotopic (exact) mass is 485 g/mol. The number of anilines is 1. The van der Waals surface area contributed by atoms with Gasteiger partial charge in [-0.15, -0.1) is 0 Å². The molecule has 2 aromatic carbocycles. The Kier molecular flexibility index (Phi) is 6.26. The Hall–Kier alpha value is -4.07. The number of hydrazone groups is 1. The standard InChI is InChI=1S/C28H31N5O3/c1-15-9-17(28(29)33-30-3)10-16(2)27(15)21-6-4-5-20-19(21)7-8-23(20)32-25-12-24-22(13-31-25)18(14-36-24)11-26(34)35/h4-6,9-10,12-13,18,23,30H,7-8,11,14H2,1-3H3,(H2,29,33)(H,31,32)(H,34,35)/t18-,23+/m0/s1. The lowest BCUT2D eigenvalue weighted by molar-refractivity contribution is -0.137. The topological polar surface area (TPSA) is 122 Å². The average molecular weight is 486 g/mol. The number of nitrogens with zero attached hydrogens (tertiary/aromatic N) is 2. The van der Waals surface area contributed by atoms with Gasteiger partial charge in [-0.25, -0.2) is 4.98 Å². The summed E-state index contributed by atoms with van der Waals surface area (Å²) < 4.78 is 5.77. The van der Waals surface area contributed by atoms with E-state index in [0.29, 0.717) is 12.4 Å². The fourth-order valence-electron chi connectivity index (χ4n) is 5.56. The number of amidine groups is 1. The second-order valence-corrected chi connectivity index (χ2v) is 9.53. The van der Waals surface area contributed by atoms with Crippen LogP contribution in [-0.2, 0) is 11.2 Å². The molecule has 0 saturated heterocycles. The molecule has 2 atom stereocenters. The molecule has 8 heteroatoms. The van der Waals surface area contributed by atoms with Crippen LogP contribution in [0.3, 0.4) is 0 Å². The number of hydrogen-bond donors (Lipinski definition) is 4.